The highest BCUT2D eigenvalue weighted by molar-refractivity contribution is 6.06. The molecule has 3 fully saturated rings. The Balaban J connectivity index is 1.17. The van der Waals surface area contributed by atoms with Crippen molar-refractivity contribution in [2.75, 3.05) is 23.7 Å². The lowest BCUT2D eigenvalue weighted by molar-refractivity contribution is -0.118. The summed E-state index contributed by atoms with van der Waals surface area (Å²) in [5.41, 5.74) is 2.31. The lowest BCUT2D eigenvalue weighted by atomic mass is 9.79. The van der Waals surface area contributed by atoms with Gasteiger partial charge in [-0.3, -0.25) is 4.79 Å². The van der Waals surface area contributed by atoms with Gasteiger partial charge in [-0.1, -0.05) is 18.6 Å². The van der Waals surface area contributed by atoms with Crippen LogP contribution in [0.25, 0.3) is 22.0 Å². The number of carbonyl (C=O) groups is 2. The lowest BCUT2D eigenvalue weighted by Gasteiger charge is -2.31. The molecule has 3 N–H and O–H groups in total. The summed E-state index contributed by atoms with van der Waals surface area (Å²) in [6.07, 6.45) is 8.06. The van der Waals surface area contributed by atoms with E-state index in [-0.39, 0.29) is 29.0 Å². The number of pyridine rings is 1. The largest absolute Gasteiger partial charge is 0.465 e. The molecule has 2 aromatic heterocycles. The Labute approximate surface area is 253 Å². The van der Waals surface area contributed by atoms with Crippen LogP contribution in [0.3, 0.4) is 0 Å². The summed E-state index contributed by atoms with van der Waals surface area (Å²) in [4.78, 5) is 39.4. The highest BCUT2D eigenvalue weighted by Gasteiger charge is 2.60. The van der Waals surface area contributed by atoms with Gasteiger partial charge in [0.25, 0.3) is 0 Å². The number of rotatable bonds is 7. The fraction of sp³-hybridized carbons (Fsp3) is 0.364. The Kier molecular flexibility index (Phi) is 7.02. The van der Waals surface area contributed by atoms with Crippen LogP contribution in [0.5, 0.6) is 11.6 Å². The molecule has 44 heavy (non-hydrogen) atoms. The predicted molar refractivity (Wildman–Crippen MR) is 163 cm³/mol. The number of hydrogen-bond acceptors (Lipinski definition) is 7. The molecule has 0 bridgehead atoms. The molecule has 11 heteroatoms. The second kappa shape index (κ2) is 11.0. The summed E-state index contributed by atoms with van der Waals surface area (Å²) < 4.78 is 21.6. The molecule has 4 aromatic rings. The summed E-state index contributed by atoms with van der Waals surface area (Å²) in [6.45, 7) is 2.77. The molecule has 3 heterocycles. The van der Waals surface area contributed by atoms with E-state index in [9.17, 15) is 14.7 Å². The maximum absolute atomic E-state index is 15.1. The molecule has 2 aromatic carbocycles. The number of anilines is 2. The smallest absolute Gasteiger partial charge is 0.407 e. The molecule has 1 aliphatic heterocycles. The molecule has 1 spiro atoms. The topological polar surface area (TPSA) is 130 Å². The number of likely N-dealkylation sites (tertiary alicyclic amines) is 1. The van der Waals surface area contributed by atoms with Crippen molar-refractivity contribution in [1.82, 2.24) is 19.9 Å². The number of fused-ring (bicyclic) bond motifs is 1. The second-order valence-electron chi connectivity index (χ2n) is 12.1. The molecule has 2 saturated carbocycles. The van der Waals surface area contributed by atoms with Gasteiger partial charge in [0.1, 0.15) is 11.6 Å². The van der Waals surface area contributed by atoms with E-state index in [4.69, 9.17) is 9.72 Å². The minimum Gasteiger partial charge on any atom is -0.465 e. The van der Waals surface area contributed by atoms with Gasteiger partial charge in [-0.25, -0.2) is 24.1 Å². The first-order valence-corrected chi connectivity index (χ1v) is 15.0. The van der Waals surface area contributed by atoms with Crippen LogP contribution in [0.2, 0.25) is 0 Å². The van der Waals surface area contributed by atoms with Crippen LogP contribution in [0, 0.1) is 24.1 Å². The number of nitrogens with zero attached hydrogens (tertiary/aromatic N) is 4. The van der Waals surface area contributed by atoms with Gasteiger partial charge < -0.3 is 25.4 Å². The number of halogens is 1. The van der Waals surface area contributed by atoms with Gasteiger partial charge in [-0.05, 0) is 80.3 Å². The molecular formula is C33H33FN6O4. The first-order chi connectivity index (χ1) is 21.3. The minimum absolute atomic E-state index is 0.0513. The van der Waals surface area contributed by atoms with Crippen LogP contribution in [-0.4, -0.2) is 56.1 Å². The van der Waals surface area contributed by atoms with E-state index in [1.165, 1.54) is 11.0 Å². The van der Waals surface area contributed by atoms with Crippen molar-refractivity contribution in [3.05, 3.63) is 66.2 Å². The van der Waals surface area contributed by atoms with E-state index >= 15 is 4.39 Å². The molecule has 2 amide bonds. The molecular weight excluding hydrogens is 563 g/mol. The molecule has 2 unspecified atom stereocenters. The quantitative estimate of drug-likeness (QED) is 0.217. The normalized spacial score (nSPS) is 20.2. The fourth-order valence-electron chi connectivity index (χ4n) is 6.63. The summed E-state index contributed by atoms with van der Waals surface area (Å²) >= 11 is 0. The second-order valence-corrected chi connectivity index (χ2v) is 12.1. The number of hydrogen-bond donors (Lipinski definition) is 3. The zero-order valence-electron chi connectivity index (χ0n) is 24.3. The van der Waals surface area contributed by atoms with Crippen LogP contribution >= 0.6 is 0 Å². The van der Waals surface area contributed by atoms with Gasteiger partial charge >= 0.3 is 6.09 Å². The molecule has 2 aliphatic carbocycles. The number of carbonyl (C=O) groups excluding carboxylic acids is 1. The highest BCUT2D eigenvalue weighted by atomic mass is 19.1. The summed E-state index contributed by atoms with van der Waals surface area (Å²) in [5.74, 6) is 0.525. The van der Waals surface area contributed by atoms with Gasteiger partial charge in [-0.2, -0.15) is 0 Å². The third kappa shape index (κ3) is 5.16. The SMILES string of the molecule is Cc1ccc2c(NC(=O)C3CC34CCC4)c(F)ccc2c1Oc1ncccc1-c1ccnc(NC2CCCN(C(=O)O)C2)n1. The number of aromatic nitrogens is 3. The van der Waals surface area contributed by atoms with E-state index < -0.39 is 11.9 Å². The van der Waals surface area contributed by atoms with Crippen LogP contribution < -0.4 is 15.4 Å². The first kappa shape index (κ1) is 28.0. The standard InChI is InChI=1S/C33H33FN6O4/c1-19-7-8-21-22(9-10-25(34)27(21)39-29(41)24-17-33(24)12-4-13-33)28(19)44-30-23(6-2-14-35-30)26-11-15-36-31(38-26)37-20-5-3-16-40(18-20)32(42)43/h2,6-11,14-15,20,24H,3-5,12-13,16-18H2,1H3,(H,39,41)(H,42,43)(H,36,37,38). The van der Waals surface area contributed by atoms with Crippen LogP contribution in [0.15, 0.2) is 54.9 Å². The van der Waals surface area contributed by atoms with Crippen molar-refractivity contribution in [2.45, 2.75) is 51.5 Å². The van der Waals surface area contributed by atoms with Crippen molar-refractivity contribution in [3.8, 4) is 22.9 Å². The number of carboxylic acid groups (broad SMARTS) is 1. The Morgan fingerprint density at radius 2 is 1.91 bits per heavy atom. The van der Waals surface area contributed by atoms with Gasteiger partial charge in [0.15, 0.2) is 0 Å². The Hall–Kier alpha value is -4.80. The maximum atomic E-state index is 15.1. The van der Waals surface area contributed by atoms with Gasteiger partial charge in [-0.15, -0.1) is 0 Å². The monoisotopic (exact) mass is 596 g/mol. The predicted octanol–water partition coefficient (Wildman–Crippen LogP) is 6.61. The Morgan fingerprint density at radius 1 is 1.07 bits per heavy atom. The van der Waals surface area contributed by atoms with Crippen LogP contribution in [0.4, 0.5) is 20.8 Å². The number of piperidine rings is 1. The van der Waals surface area contributed by atoms with Crippen molar-refractivity contribution < 1.29 is 23.8 Å². The summed E-state index contributed by atoms with van der Waals surface area (Å²) in [6, 6.07) is 12.0. The zero-order valence-corrected chi connectivity index (χ0v) is 24.3. The molecule has 2 atom stereocenters. The number of ether oxygens (including phenoxy) is 1. The first-order valence-electron chi connectivity index (χ1n) is 15.0. The maximum Gasteiger partial charge on any atom is 0.407 e. The van der Waals surface area contributed by atoms with E-state index in [1.807, 2.05) is 19.1 Å². The summed E-state index contributed by atoms with van der Waals surface area (Å²) in [5, 5.41) is 16.7. The zero-order chi connectivity index (χ0) is 30.4. The van der Waals surface area contributed by atoms with Crippen molar-refractivity contribution in [1.29, 1.82) is 0 Å². The van der Waals surface area contributed by atoms with Crippen molar-refractivity contribution >= 4 is 34.4 Å². The van der Waals surface area contributed by atoms with Crippen LogP contribution in [0.1, 0.15) is 44.1 Å². The van der Waals surface area contributed by atoms with E-state index in [0.717, 1.165) is 44.1 Å². The number of aryl methyl sites for hydroxylation is 1. The average molecular weight is 597 g/mol. The number of amides is 2. The molecule has 3 aliphatic rings. The molecule has 1 saturated heterocycles. The minimum atomic E-state index is -0.936. The Morgan fingerprint density at radius 3 is 2.68 bits per heavy atom. The van der Waals surface area contributed by atoms with E-state index in [2.05, 4.69) is 20.6 Å². The lowest BCUT2D eigenvalue weighted by Crippen LogP contribution is -2.44. The fourth-order valence-corrected chi connectivity index (χ4v) is 6.63. The van der Waals surface area contributed by atoms with Crippen molar-refractivity contribution in [3.63, 3.8) is 0 Å². The van der Waals surface area contributed by atoms with Gasteiger partial charge in [0, 0.05) is 48.2 Å². The highest BCUT2D eigenvalue weighted by Crippen LogP contribution is 2.65. The molecule has 10 nitrogen and oxygen atoms in total. The Bertz CT molecular complexity index is 1780. The van der Waals surface area contributed by atoms with Gasteiger partial charge in [0.05, 0.1) is 16.9 Å². The van der Waals surface area contributed by atoms with E-state index in [0.29, 0.717) is 52.7 Å². The molecule has 7 rings (SSSR count). The third-order valence-electron chi connectivity index (χ3n) is 9.33. The number of nitrogens with one attached hydrogen (secondary N) is 2. The van der Waals surface area contributed by atoms with Crippen LogP contribution in [-0.2, 0) is 4.79 Å². The van der Waals surface area contributed by atoms with Crippen molar-refractivity contribution in [2.24, 2.45) is 11.3 Å². The molecule has 0 radical (unpaired) electrons. The summed E-state index contributed by atoms with van der Waals surface area (Å²) in [7, 11) is 0. The van der Waals surface area contributed by atoms with E-state index in [1.54, 1.807) is 36.7 Å². The average Bonchev–Trinajstić information content (AvgIpc) is 3.78. The van der Waals surface area contributed by atoms with Gasteiger partial charge in [0.2, 0.25) is 17.7 Å². The third-order valence-corrected chi connectivity index (χ3v) is 9.33. The molecule has 226 valence electrons. The number of benzene rings is 2.